The van der Waals surface area contributed by atoms with Crippen LogP contribution in [0.3, 0.4) is 0 Å². The standard InChI is InChI=1S/C10H21O11P3/c1-9(2)4-6-18-22(12,13)20-24(16,17)21-23(14,15)19-7-5-10(3)8-11/h4-5,11H,6-8H2,1-3H3,(H,12,13)(H,14,15)(H,16,17)/b10-5+. The lowest BCUT2D eigenvalue weighted by Crippen LogP contribution is -1.99. The molecule has 0 amide bonds. The van der Waals surface area contributed by atoms with Crippen molar-refractivity contribution in [1.29, 1.82) is 0 Å². The molecule has 4 N–H and O–H groups in total. The van der Waals surface area contributed by atoms with Gasteiger partial charge in [-0.05, 0) is 26.3 Å². The van der Waals surface area contributed by atoms with E-state index in [0.717, 1.165) is 5.57 Å². The van der Waals surface area contributed by atoms with Crippen LogP contribution in [0.25, 0.3) is 0 Å². The lowest BCUT2D eigenvalue weighted by atomic mass is 10.3. The van der Waals surface area contributed by atoms with Crippen LogP contribution in [0.4, 0.5) is 0 Å². The summed E-state index contributed by atoms with van der Waals surface area (Å²) in [6.07, 6.45) is 2.61. The van der Waals surface area contributed by atoms with Crippen LogP contribution in [0.1, 0.15) is 20.8 Å². The average Bonchev–Trinajstić information content (AvgIpc) is 2.34. The van der Waals surface area contributed by atoms with Crippen molar-refractivity contribution in [2.75, 3.05) is 19.8 Å². The largest absolute Gasteiger partial charge is 0.490 e. The van der Waals surface area contributed by atoms with Gasteiger partial charge in [-0.15, -0.1) is 0 Å². The maximum atomic E-state index is 11.5. The van der Waals surface area contributed by atoms with Crippen molar-refractivity contribution in [3.05, 3.63) is 23.3 Å². The highest BCUT2D eigenvalue weighted by Gasteiger charge is 2.41. The van der Waals surface area contributed by atoms with Crippen LogP contribution in [-0.4, -0.2) is 39.6 Å². The molecule has 0 aliphatic heterocycles. The Morgan fingerprint density at radius 3 is 1.62 bits per heavy atom. The van der Waals surface area contributed by atoms with Gasteiger partial charge in [0.2, 0.25) is 0 Å². The third-order valence-corrected chi connectivity index (χ3v) is 6.31. The first-order valence-corrected chi connectivity index (χ1v) is 10.9. The zero-order valence-corrected chi connectivity index (χ0v) is 15.9. The van der Waals surface area contributed by atoms with E-state index >= 15 is 0 Å². The molecule has 11 nitrogen and oxygen atoms in total. The minimum Gasteiger partial charge on any atom is -0.392 e. The Kier molecular flexibility index (Phi) is 10.0. The Morgan fingerprint density at radius 1 is 0.833 bits per heavy atom. The number of aliphatic hydroxyl groups excluding tert-OH is 1. The molecule has 0 bridgehead atoms. The highest BCUT2D eigenvalue weighted by molar-refractivity contribution is 7.66. The van der Waals surface area contributed by atoms with E-state index in [1.54, 1.807) is 13.8 Å². The molecule has 24 heavy (non-hydrogen) atoms. The minimum absolute atomic E-state index is 0.321. The highest BCUT2D eigenvalue weighted by Crippen LogP contribution is 2.67. The smallest absolute Gasteiger partial charge is 0.392 e. The van der Waals surface area contributed by atoms with Gasteiger partial charge in [-0.25, -0.2) is 13.7 Å². The van der Waals surface area contributed by atoms with Crippen molar-refractivity contribution in [3.8, 4) is 0 Å². The number of allylic oxidation sites excluding steroid dienone is 1. The van der Waals surface area contributed by atoms with Gasteiger partial charge in [-0.1, -0.05) is 17.7 Å². The number of hydrogen-bond donors (Lipinski definition) is 4. The molecule has 3 unspecified atom stereocenters. The van der Waals surface area contributed by atoms with E-state index in [1.165, 1.54) is 19.1 Å². The Hall–Kier alpha value is -0.150. The molecule has 0 spiro atoms. The number of aliphatic hydroxyl groups is 1. The second-order valence-corrected chi connectivity index (χ2v) is 9.28. The quantitative estimate of drug-likeness (QED) is 0.291. The van der Waals surface area contributed by atoms with E-state index in [9.17, 15) is 28.4 Å². The van der Waals surface area contributed by atoms with Gasteiger partial charge < -0.3 is 19.8 Å². The van der Waals surface area contributed by atoms with Crippen LogP contribution >= 0.6 is 23.5 Å². The Bertz CT molecular complexity index is 607. The molecule has 0 saturated carbocycles. The zero-order chi connectivity index (χ0) is 19.0. The van der Waals surface area contributed by atoms with E-state index in [1.807, 2.05) is 0 Å². The van der Waals surface area contributed by atoms with Gasteiger partial charge in [0.1, 0.15) is 0 Å². The third-order valence-electron chi connectivity index (χ3n) is 2.06. The molecule has 0 heterocycles. The van der Waals surface area contributed by atoms with Crippen molar-refractivity contribution in [3.63, 3.8) is 0 Å². The summed E-state index contributed by atoms with van der Waals surface area (Å²) in [7, 11) is -15.5. The maximum absolute atomic E-state index is 11.5. The SMILES string of the molecule is CC(C)=CCOP(=O)(O)OP(=O)(O)OP(=O)(O)OC/C=C(\C)CO. The molecule has 0 saturated heterocycles. The van der Waals surface area contributed by atoms with Crippen LogP contribution in [0.2, 0.25) is 0 Å². The molecule has 14 heteroatoms. The molecular weight excluding hydrogens is 389 g/mol. The first-order valence-electron chi connectivity index (χ1n) is 6.38. The molecule has 0 aromatic carbocycles. The van der Waals surface area contributed by atoms with E-state index in [0.29, 0.717) is 5.57 Å². The second-order valence-electron chi connectivity index (χ2n) is 4.65. The van der Waals surface area contributed by atoms with E-state index in [4.69, 9.17) is 5.11 Å². The number of phosphoric acid groups is 3. The van der Waals surface area contributed by atoms with Crippen LogP contribution in [0.5, 0.6) is 0 Å². The van der Waals surface area contributed by atoms with Crippen LogP contribution in [0, 0.1) is 0 Å². The lowest BCUT2D eigenvalue weighted by Gasteiger charge is -2.17. The number of rotatable bonds is 11. The summed E-state index contributed by atoms with van der Waals surface area (Å²) >= 11 is 0. The maximum Gasteiger partial charge on any atom is 0.490 e. The van der Waals surface area contributed by atoms with Crippen molar-refractivity contribution < 1.29 is 51.2 Å². The fourth-order valence-electron chi connectivity index (χ4n) is 0.959. The molecule has 0 rings (SSSR count). The first-order chi connectivity index (χ1) is 10.8. The van der Waals surface area contributed by atoms with Gasteiger partial charge in [-0.2, -0.15) is 8.62 Å². The fourth-order valence-corrected chi connectivity index (χ4v) is 4.34. The van der Waals surface area contributed by atoms with E-state index < -0.39 is 36.7 Å². The predicted octanol–water partition coefficient (Wildman–Crippen LogP) is 2.26. The van der Waals surface area contributed by atoms with Gasteiger partial charge in [0.25, 0.3) is 0 Å². The fraction of sp³-hybridized carbons (Fsp3) is 0.600. The van der Waals surface area contributed by atoms with Crippen LogP contribution in [-0.2, 0) is 31.4 Å². The van der Waals surface area contributed by atoms with E-state index in [-0.39, 0.29) is 6.61 Å². The topological polar surface area (TPSA) is 169 Å². The number of phosphoric ester groups is 2. The molecule has 0 fully saturated rings. The summed E-state index contributed by atoms with van der Waals surface area (Å²) in [5, 5.41) is 8.72. The molecule has 0 radical (unpaired) electrons. The first kappa shape index (κ1) is 23.9. The minimum atomic E-state index is -5.44. The second kappa shape index (κ2) is 10.1. The van der Waals surface area contributed by atoms with Gasteiger partial charge in [0.05, 0.1) is 19.8 Å². The summed E-state index contributed by atoms with van der Waals surface area (Å²) in [6.45, 7) is 3.62. The Balaban J connectivity index is 4.70. The third kappa shape index (κ3) is 12.2. The molecule has 0 aromatic rings. The molecular formula is C10H21O11P3. The molecule has 142 valence electrons. The van der Waals surface area contributed by atoms with Crippen molar-refractivity contribution in [1.82, 2.24) is 0 Å². The summed E-state index contributed by atoms with van der Waals surface area (Å²) in [4.78, 5) is 27.8. The van der Waals surface area contributed by atoms with E-state index in [2.05, 4.69) is 17.7 Å². The monoisotopic (exact) mass is 410 g/mol. The van der Waals surface area contributed by atoms with Gasteiger partial charge in [0, 0.05) is 0 Å². The Labute approximate surface area is 139 Å². The summed E-state index contributed by atoms with van der Waals surface area (Å²) in [6, 6.07) is 0. The van der Waals surface area contributed by atoms with Crippen LogP contribution < -0.4 is 0 Å². The number of hydrogen-bond acceptors (Lipinski definition) is 8. The Morgan fingerprint density at radius 2 is 1.25 bits per heavy atom. The molecule has 0 aromatic heterocycles. The normalized spacial score (nSPS) is 19.9. The van der Waals surface area contributed by atoms with Gasteiger partial charge in [-0.3, -0.25) is 9.05 Å². The predicted molar refractivity (Wildman–Crippen MR) is 83.8 cm³/mol. The average molecular weight is 410 g/mol. The van der Waals surface area contributed by atoms with Crippen molar-refractivity contribution in [2.45, 2.75) is 20.8 Å². The van der Waals surface area contributed by atoms with Gasteiger partial charge in [0.15, 0.2) is 0 Å². The lowest BCUT2D eigenvalue weighted by molar-refractivity contribution is 0.169. The summed E-state index contributed by atoms with van der Waals surface area (Å²) in [5.74, 6) is 0. The summed E-state index contributed by atoms with van der Waals surface area (Å²) in [5.41, 5.74) is 1.16. The molecule has 3 atom stereocenters. The van der Waals surface area contributed by atoms with Crippen LogP contribution in [0.15, 0.2) is 23.3 Å². The summed E-state index contributed by atoms with van der Waals surface area (Å²) < 4.78 is 50.9. The zero-order valence-electron chi connectivity index (χ0n) is 13.3. The van der Waals surface area contributed by atoms with Gasteiger partial charge >= 0.3 is 23.5 Å². The molecule has 0 aliphatic carbocycles. The van der Waals surface area contributed by atoms with Crippen molar-refractivity contribution >= 4 is 23.5 Å². The van der Waals surface area contributed by atoms with Crippen molar-refractivity contribution in [2.24, 2.45) is 0 Å². The highest BCUT2D eigenvalue weighted by atomic mass is 31.3. The molecule has 0 aliphatic rings.